The average Bonchev–Trinajstić information content (AvgIpc) is 3.14. The van der Waals surface area contributed by atoms with Crippen LogP contribution in [0.25, 0.3) is 10.9 Å². The number of rotatable bonds is 6. The summed E-state index contributed by atoms with van der Waals surface area (Å²) in [6.07, 6.45) is 3.38. The van der Waals surface area contributed by atoms with E-state index in [4.69, 9.17) is 9.47 Å². The Balaban J connectivity index is 1.61. The highest BCUT2D eigenvalue weighted by molar-refractivity contribution is 6.06. The lowest BCUT2D eigenvalue weighted by Gasteiger charge is -2.27. The highest BCUT2D eigenvalue weighted by Crippen LogP contribution is 2.29. The van der Waals surface area contributed by atoms with Gasteiger partial charge in [0.05, 0.1) is 13.7 Å². The fraction of sp³-hybridized carbons (Fsp3) is 0.400. The van der Waals surface area contributed by atoms with Crippen molar-refractivity contribution in [2.45, 2.75) is 6.92 Å². The quantitative estimate of drug-likeness (QED) is 0.628. The number of benzene rings is 1. The number of nitrogens with one attached hydrogen (secondary N) is 2. The summed E-state index contributed by atoms with van der Waals surface area (Å²) in [5.74, 6) is 1.07. The van der Waals surface area contributed by atoms with E-state index < -0.39 is 0 Å². The summed E-state index contributed by atoms with van der Waals surface area (Å²) in [7, 11) is 3.41. The summed E-state index contributed by atoms with van der Waals surface area (Å²) in [4.78, 5) is 24.0. The summed E-state index contributed by atoms with van der Waals surface area (Å²) in [5, 5.41) is 11.4. The number of ether oxygens (including phenoxy) is 2. The monoisotopic (exact) mass is 411 g/mol. The van der Waals surface area contributed by atoms with Crippen molar-refractivity contribution in [3.63, 3.8) is 0 Å². The molecule has 158 valence electrons. The molecule has 3 aromatic rings. The lowest BCUT2D eigenvalue weighted by atomic mass is 10.2. The number of piperazine rings is 1. The van der Waals surface area contributed by atoms with Crippen molar-refractivity contribution in [3.05, 3.63) is 30.1 Å². The lowest BCUT2D eigenvalue weighted by Crippen LogP contribution is -2.44. The predicted molar refractivity (Wildman–Crippen MR) is 114 cm³/mol. The van der Waals surface area contributed by atoms with E-state index in [1.165, 1.54) is 6.20 Å². The number of anilines is 2. The second kappa shape index (κ2) is 8.54. The first-order valence-corrected chi connectivity index (χ1v) is 9.87. The third-order valence-corrected chi connectivity index (χ3v) is 4.83. The standard InChI is InChI=1S/C20H25N7O3/c1-4-30-19-15(11-22-20(24-19)27-7-5-21-6-8-27)18(28)23-14-9-13-12-26(2)25-17(13)16(10-14)29-3/h9-12,21H,4-8H2,1-3H3,(H,23,28). The van der Waals surface area contributed by atoms with Gasteiger partial charge in [-0.15, -0.1) is 0 Å². The van der Waals surface area contributed by atoms with Crippen LogP contribution in [0, 0.1) is 0 Å². The summed E-state index contributed by atoms with van der Waals surface area (Å²) in [6.45, 7) is 5.61. The minimum Gasteiger partial charge on any atom is -0.494 e. The van der Waals surface area contributed by atoms with Gasteiger partial charge in [0.15, 0.2) is 0 Å². The molecule has 0 bridgehead atoms. The molecule has 1 aliphatic rings. The first kappa shape index (κ1) is 19.9. The maximum Gasteiger partial charge on any atom is 0.262 e. The van der Waals surface area contributed by atoms with Crippen LogP contribution in [0.4, 0.5) is 11.6 Å². The summed E-state index contributed by atoms with van der Waals surface area (Å²) < 4.78 is 12.8. The van der Waals surface area contributed by atoms with Crippen molar-refractivity contribution in [1.29, 1.82) is 0 Å². The van der Waals surface area contributed by atoms with E-state index in [-0.39, 0.29) is 17.4 Å². The Morgan fingerprint density at radius 3 is 2.83 bits per heavy atom. The second-order valence-corrected chi connectivity index (χ2v) is 6.93. The van der Waals surface area contributed by atoms with Gasteiger partial charge in [0.2, 0.25) is 11.8 Å². The minimum absolute atomic E-state index is 0.271. The van der Waals surface area contributed by atoms with Crippen molar-refractivity contribution < 1.29 is 14.3 Å². The predicted octanol–water partition coefficient (Wildman–Crippen LogP) is 1.43. The molecule has 1 saturated heterocycles. The molecule has 0 unspecified atom stereocenters. The molecule has 2 aromatic heterocycles. The van der Waals surface area contributed by atoms with Crippen LogP contribution in [0.15, 0.2) is 24.5 Å². The van der Waals surface area contributed by atoms with E-state index in [9.17, 15) is 4.79 Å². The van der Waals surface area contributed by atoms with Crippen LogP contribution in [-0.4, -0.2) is 65.6 Å². The number of aryl methyl sites for hydroxylation is 1. The Kier molecular flexibility index (Phi) is 5.66. The molecule has 4 rings (SSSR count). The summed E-state index contributed by atoms with van der Waals surface area (Å²) in [6, 6.07) is 3.59. The molecule has 1 amide bonds. The number of carbonyl (C=O) groups is 1. The van der Waals surface area contributed by atoms with Crippen LogP contribution in [0.3, 0.4) is 0 Å². The van der Waals surface area contributed by atoms with Crippen molar-refractivity contribution in [3.8, 4) is 11.6 Å². The van der Waals surface area contributed by atoms with Gasteiger partial charge in [-0.25, -0.2) is 4.98 Å². The van der Waals surface area contributed by atoms with Crippen LogP contribution in [-0.2, 0) is 7.05 Å². The number of hydrogen-bond donors (Lipinski definition) is 2. The van der Waals surface area contributed by atoms with Gasteiger partial charge in [0.25, 0.3) is 5.91 Å². The molecule has 1 aliphatic heterocycles. The van der Waals surface area contributed by atoms with E-state index in [0.717, 1.165) is 37.1 Å². The maximum absolute atomic E-state index is 13.0. The molecule has 0 spiro atoms. The van der Waals surface area contributed by atoms with Crippen molar-refractivity contribution >= 4 is 28.4 Å². The summed E-state index contributed by atoms with van der Waals surface area (Å²) >= 11 is 0. The molecule has 0 saturated carbocycles. The fourth-order valence-corrected chi connectivity index (χ4v) is 3.43. The Hall–Kier alpha value is -3.40. The van der Waals surface area contributed by atoms with Gasteiger partial charge >= 0.3 is 0 Å². The Bertz CT molecular complexity index is 1060. The molecule has 10 nitrogen and oxygen atoms in total. The smallest absolute Gasteiger partial charge is 0.262 e. The number of aromatic nitrogens is 4. The Labute approximate surface area is 174 Å². The van der Waals surface area contributed by atoms with Crippen molar-refractivity contribution in [2.75, 3.05) is 50.1 Å². The minimum atomic E-state index is -0.351. The number of methoxy groups -OCH3 is 1. The van der Waals surface area contributed by atoms with Crippen molar-refractivity contribution in [1.82, 2.24) is 25.1 Å². The van der Waals surface area contributed by atoms with Gasteiger partial charge in [0.1, 0.15) is 16.8 Å². The normalized spacial score (nSPS) is 14.0. The van der Waals surface area contributed by atoms with Gasteiger partial charge < -0.3 is 25.0 Å². The van der Waals surface area contributed by atoms with Crippen LogP contribution >= 0.6 is 0 Å². The molecule has 30 heavy (non-hydrogen) atoms. The third-order valence-electron chi connectivity index (χ3n) is 4.83. The lowest BCUT2D eigenvalue weighted by molar-refractivity contribution is 0.102. The number of fused-ring (bicyclic) bond motifs is 1. The number of hydrogen-bond acceptors (Lipinski definition) is 8. The molecule has 0 atom stereocenters. The Morgan fingerprint density at radius 1 is 1.30 bits per heavy atom. The highest BCUT2D eigenvalue weighted by atomic mass is 16.5. The highest BCUT2D eigenvalue weighted by Gasteiger charge is 2.20. The second-order valence-electron chi connectivity index (χ2n) is 6.93. The van der Waals surface area contributed by atoms with E-state index >= 15 is 0 Å². The average molecular weight is 411 g/mol. The number of amides is 1. The molecular weight excluding hydrogens is 386 g/mol. The van der Waals surface area contributed by atoms with E-state index in [0.29, 0.717) is 24.0 Å². The molecule has 2 N–H and O–H groups in total. The fourth-order valence-electron chi connectivity index (χ4n) is 3.43. The van der Waals surface area contributed by atoms with Gasteiger partial charge in [0, 0.05) is 62.8 Å². The van der Waals surface area contributed by atoms with Crippen LogP contribution in [0.5, 0.6) is 11.6 Å². The molecule has 0 aliphatic carbocycles. The van der Waals surface area contributed by atoms with Gasteiger partial charge in [-0.05, 0) is 13.0 Å². The molecule has 1 aromatic carbocycles. The van der Waals surface area contributed by atoms with Crippen molar-refractivity contribution in [2.24, 2.45) is 7.05 Å². The molecule has 3 heterocycles. The van der Waals surface area contributed by atoms with Crippen LogP contribution in [0.1, 0.15) is 17.3 Å². The van der Waals surface area contributed by atoms with Crippen LogP contribution in [0.2, 0.25) is 0 Å². The topological polar surface area (TPSA) is 106 Å². The Morgan fingerprint density at radius 2 is 2.10 bits per heavy atom. The van der Waals surface area contributed by atoms with Gasteiger partial charge in [-0.2, -0.15) is 10.1 Å². The zero-order chi connectivity index (χ0) is 21.1. The zero-order valence-electron chi connectivity index (χ0n) is 17.3. The van der Waals surface area contributed by atoms with E-state index in [1.54, 1.807) is 17.9 Å². The largest absolute Gasteiger partial charge is 0.494 e. The first-order valence-electron chi connectivity index (χ1n) is 9.87. The number of carbonyl (C=O) groups excluding carboxylic acids is 1. The molecule has 10 heteroatoms. The molecule has 0 radical (unpaired) electrons. The third kappa shape index (κ3) is 3.99. The maximum atomic E-state index is 13.0. The van der Waals surface area contributed by atoms with E-state index in [2.05, 4.69) is 30.6 Å². The zero-order valence-corrected chi connectivity index (χ0v) is 17.3. The SMILES string of the molecule is CCOc1nc(N2CCNCC2)ncc1C(=O)Nc1cc(OC)c2nn(C)cc2c1. The summed E-state index contributed by atoms with van der Waals surface area (Å²) in [5.41, 5.74) is 1.60. The molecular formula is C20H25N7O3. The molecule has 1 fully saturated rings. The van der Waals surface area contributed by atoms with Gasteiger partial charge in [-0.1, -0.05) is 0 Å². The van der Waals surface area contributed by atoms with Crippen LogP contribution < -0.4 is 25.0 Å². The first-order chi connectivity index (χ1) is 14.6. The van der Waals surface area contributed by atoms with Gasteiger partial charge in [-0.3, -0.25) is 9.48 Å². The van der Waals surface area contributed by atoms with E-state index in [1.807, 2.05) is 26.2 Å². The number of nitrogens with zero attached hydrogens (tertiary/aromatic N) is 5.